The highest BCUT2D eigenvalue weighted by atomic mass is 19.1. The van der Waals surface area contributed by atoms with Crippen molar-refractivity contribution in [1.82, 2.24) is 19.5 Å². The Kier molecular flexibility index (Phi) is 5.41. The molecule has 0 radical (unpaired) electrons. The second-order valence-corrected chi connectivity index (χ2v) is 8.12. The molecule has 1 saturated carbocycles. The Morgan fingerprint density at radius 3 is 2.68 bits per heavy atom. The van der Waals surface area contributed by atoms with Crippen LogP contribution in [0, 0.1) is 11.6 Å². The van der Waals surface area contributed by atoms with E-state index in [1.165, 1.54) is 12.1 Å². The van der Waals surface area contributed by atoms with E-state index in [0.29, 0.717) is 36.3 Å². The number of aliphatic hydroxyl groups excluding tert-OH is 1. The van der Waals surface area contributed by atoms with E-state index in [9.17, 15) is 13.9 Å². The van der Waals surface area contributed by atoms with Gasteiger partial charge in [0.05, 0.1) is 30.6 Å². The van der Waals surface area contributed by atoms with Gasteiger partial charge in [-0.05, 0) is 44.2 Å². The number of fused-ring (bicyclic) bond motifs is 1. The third-order valence-electron chi connectivity index (χ3n) is 5.91. The van der Waals surface area contributed by atoms with Gasteiger partial charge in [0, 0.05) is 18.7 Å². The molecule has 164 valence electrons. The molecule has 0 bridgehead atoms. The van der Waals surface area contributed by atoms with Crippen LogP contribution in [0.15, 0.2) is 24.4 Å². The molecule has 1 aromatic carbocycles. The van der Waals surface area contributed by atoms with Gasteiger partial charge in [0.2, 0.25) is 11.9 Å². The van der Waals surface area contributed by atoms with E-state index in [0.717, 1.165) is 38.2 Å². The number of nitrogens with zero attached hydrogens (tertiary/aromatic N) is 4. The maximum Gasteiger partial charge on any atom is 0.224 e. The largest absolute Gasteiger partial charge is 0.393 e. The molecule has 3 N–H and O–H groups in total. The van der Waals surface area contributed by atoms with Gasteiger partial charge < -0.3 is 20.5 Å². The molecule has 1 atom stereocenters. The summed E-state index contributed by atoms with van der Waals surface area (Å²) < 4.78 is 35.0. The highest BCUT2D eigenvalue weighted by Crippen LogP contribution is 2.31. The summed E-state index contributed by atoms with van der Waals surface area (Å²) in [4.78, 5) is 13.7. The van der Waals surface area contributed by atoms with Crippen LogP contribution < -0.4 is 10.6 Å². The molecule has 5 rings (SSSR count). The lowest BCUT2D eigenvalue weighted by molar-refractivity contribution is 0.126. The number of ether oxygens (including phenoxy) is 1. The number of aliphatic hydroxyl groups is 1. The monoisotopic (exact) mass is 430 g/mol. The minimum absolute atomic E-state index is 0.0106. The number of rotatable bonds is 5. The first-order valence-corrected chi connectivity index (χ1v) is 10.6. The van der Waals surface area contributed by atoms with E-state index in [4.69, 9.17) is 9.72 Å². The van der Waals surface area contributed by atoms with E-state index in [2.05, 4.69) is 20.6 Å². The summed E-state index contributed by atoms with van der Waals surface area (Å²) >= 11 is 0. The smallest absolute Gasteiger partial charge is 0.224 e. The molecule has 31 heavy (non-hydrogen) atoms. The molecule has 2 aliphatic rings. The van der Waals surface area contributed by atoms with Crippen molar-refractivity contribution in [3.63, 3.8) is 0 Å². The van der Waals surface area contributed by atoms with Gasteiger partial charge in [0.15, 0.2) is 5.65 Å². The van der Waals surface area contributed by atoms with Crippen LogP contribution in [-0.4, -0.2) is 50.0 Å². The van der Waals surface area contributed by atoms with Crippen molar-refractivity contribution < 1.29 is 18.6 Å². The Bertz CT molecular complexity index is 1080. The molecular weight excluding hydrogens is 406 g/mol. The first-order chi connectivity index (χ1) is 15.1. The summed E-state index contributed by atoms with van der Waals surface area (Å²) in [6.45, 7) is 1.12. The zero-order valence-corrected chi connectivity index (χ0v) is 16.9. The molecule has 2 aromatic heterocycles. The lowest BCUT2D eigenvalue weighted by Crippen LogP contribution is -2.29. The molecule has 1 aliphatic carbocycles. The van der Waals surface area contributed by atoms with Crippen LogP contribution in [-0.2, 0) is 4.74 Å². The second-order valence-electron chi connectivity index (χ2n) is 8.12. The minimum Gasteiger partial charge on any atom is -0.393 e. The molecule has 3 heterocycles. The van der Waals surface area contributed by atoms with Gasteiger partial charge >= 0.3 is 0 Å². The number of imidazole rings is 1. The maximum atomic E-state index is 14.2. The van der Waals surface area contributed by atoms with Gasteiger partial charge in [0.25, 0.3) is 0 Å². The zero-order valence-electron chi connectivity index (χ0n) is 16.9. The highest BCUT2D eigenvalue weighted by molar-refractivity contribution is 5.76. The molecule has 1 unspecified atom stereocenters. The average molecular weight is 430 g/mol. The molecule has 10 heteroatoms. The third-order valence-corrected chi connectivity index (χ3v) is 5.91. The van der Waals surface area contributed by atoms with Crippen molar-refractivity contribution in [2.24, 2.45) is 0 Å². The van der Waals surface area contributed by atoms with Crippen LogP contribution in [0.25, 0.3) is 11.2 Å². The summed E-state index contributed by atoms with van der Waals surface area (Å²) in [5.74, 6) is -0.441. The summed E-state index contributed by atoms with van der Waals surface area (Å²) in [5.41, 5.74) is 1.32. The number of aromatic nitrogens is 4. The van der Waals surface area contributed by atoms with Gasteiger partial charge in [0.1, 0.15) is 17.2 Å². The van der Waals surface area contributed by atoms with E-state index >= 15 is 0 Å². The lowest BCUT2D eigenvalue weighted by atomic mass is 9.93. The molecule has 1 aliphatic heterocycles. The zero-order chi connectivity index (χ0) is 21.4. The topological polar surface area (TPSA) is 97.1 Å². The van der Waals surface area contributed by atoms with E-state index < -0.39 is 11.6 Å². The summed E-state index contributed by atoms with van der Waals surface area (Å²) in [6.07, 6.45) is 5.42. The molecule has 0 amide bonds. The van der Waals surface area contributed by atoms with Gasteiger partial charge in [-0.15, -0.1) is 0 Å². The lowest BCUT2D eigenvalue weighted by Gasteiger charge is -2.26. The van der Waals surface area contributed by atoms with Gasteiger partial charge in [-0.1, -0.05) is 0 Å². The SMILES string of the molecule is OC1CCC(Nc2ncc3nc(Nc4ccc(F)cc4F)n(C4CCOC4)c3n2)CC1. The van der Waals surface area contributed by atoms with Crippen molar-refractivity contribution in [2.75, 3.05) is 23.8 Å². The Morgan fingerprint density at radius 2 is 1.94 bits per heavy atom. The number of halogens is 2. The maximum absolute atomic E-state index is 14.2. The Balaban J connectivity index is 1.49. The number of benzene rings is 1. The summed E-state index contributed by atoms with van der Waals surface area (Å²) in [5, 5.41) is 16.1. The number of hydrogen-bond acceptors (Lipinski definition) is 7. The van der Waals surface area contributed by atoms with Crippen molar-refractivity contribution in [2.45, 2.75) is 50.3 Å². The molecular formula is C21H24F2N6O2. The Hall–Kier alpha value is -2.85. The predicted octanol–water partition coefficient (Wildman–Crippen LogP) is 3.52. The number of hydrogen-bond donors (Lipinski definition) is 3. The quantitative estimate of drug-likeness (QED) is 0.570. The molecule has 1 saturated heterocycles. The molecule has 3 aromatic rings. The molecule has 0 spiro atoms. The average Bonchev–Trinajstić information content (AvgIpc) is 3.39. The molecule has 8 nitrogen and oxygen atoms in total. The molecule has 2 fully saturated rings. The minimum atomic E-state index is -0.700. The summed E-state index contributed by atoms with van der Waals surface area (Å²) in [6, 6.07) is 3.56. The second kappa shape index (κ2) is 8.35. The third kappa shape index (κ3) is 4.17. The highest BCUT2D eigenvalue weighted by Gasteiger charge is 2.26. The Labute approximate surface area is 177 Å². The normalized spacial score (nSPS) is 23.9. The standard InChI is InChI=1S/C21H24F2N6O2/c22-12-1-6-17(16(23)9-12)26-21-27-18-10-24-20(25-13-2-4-15(30)5-3-13)28-19(18)29(21)14-7-8-31-11-14/h1,6,9-10,13-15,30H,2-5,7-8,11H2,(H,26,27)(H,24,25,28). The van der Waals surface area contributed by atoms with Crippen molar-refractivity contribution in [3.05, 3.63) is 36.0 Å². The Morgan fingerprint density at radius 1 is 1.10 bits per heavy atom. The van der Waals surface area contributed by atoms with Crippen LogP contribution in [0.5, 0.6) is 0 Å². The fourth-order valence-electron chi connectivity index (χ4n) is 4.23. The van der Waals surface area contributed by atoms with E-state index in [1.807, 2.05) is 4.57 Å². The van der Waals surface area contributed by atoms with Gasteiger partial charge in [-0.25, -0.2) is 18.7 Å². The summed E-state index contributed by atoms with van der Waals surface area (Å²) in [7, 11) is 0. The van der Waals surface area contributed by atoms with Crippen LogP contribution in [0.3, 0.4) is 0 Å². The fourth-order valence-corrected chi connectivity index (χ4v) is 4.23. The first-order valence-electron chi connectivity index (χ1n) is 10.6. The first kappa shape index (κ1) is 20.1. The van der Waals surface area contributed by atoms with Crippen molar-refractivity contribution in [3.8, 4) is 0 Å². The van der Waals surface area contributed by atoms with Crippen LogP contribution >= 0.6 is 0 Å². The van der Waals surface area contributed by atoms with Crippen LogP contribution in [0.4, 0.5) is 26.4 Å². The number of anilines is 3. The van der Waals surface area contributed by atoms with E-state index in [1.54, 1.807) is 6.20 Å². The van der Waals surface area contributed by atoms with Crippen molar-refractivity contribution in [1.29, 1.82) is 0 Å². The van der Waals surface area contributed by atoms with Crippen molar-refractivity contribution >= 4 is 28.7 Å². The van der Waals surface area contributed by atoms with Crippen LogP contribution in [0.1, 0.15) is 38.1 Å². The predicted molar refractivity (Wildman–Crippen MR) is 111 cm³/mol. The van der Waals surface area contributed by atoms with Gasteiger partial charge in [-0.2, -0.15) is 4.98 Å². The van der Waals surface area contributed by atoms with E-state index in [-0.39, 0.29) is 23.9 Å². The fraction of sp³-hybridized carbons (Fsp3) is 0.476. The van der Waals surface area contributed by atoms with Gasteiger partial charge in [-0.3, -0.25) is 4.57 Å². The number of nitrogens with one attached hydrogen (secondary N) is 2. The van der Waals surface area contributed by atoms with Crippen LogP contribution in [0.2, 0.25) is 0 Å².